The van der Waals surface area contributed by atoms with E-state index in [1.165, 1.54) is 11.1 Å². The van der Waals surface area contributed by atoms with Crippen LogP contribution in [0, 0.1) is 6.92 Å². The molecule has 239 valence electrons. The number of nitrogens with zero attached hydrogens (tertiary/aromatic N) is 4. The average Bonchev–Trinajstić information content (AvgIpc) is 3.51. The lowest BCUT2D eigenvalue weighted by Crippen LogP contribution is -2.37. The lowest BCUT2D eigenvalue weighted by molar-refractivity contribution is 0.0500. The Labute approximate surface area is 264 Å². The summed E-state index contributed by atoms with van der Waals surface area (Å²) in [5.74, 6) is 0.778. The van der Waals surface area contributed by atoms with Crippen molar-refractivity contribution in [2.24, 2.45) is 0 Å². The van der Waals surface area contributed by atoms with Crippen LogP contribution in [0.25, 0.3) is 10.9 Å². The number of nitrogens with one attached hydrogen (secondary N) is 1. The Kier molecular flexibility index (Phi) is 10.1. The molecule has 0 aliphatic rings. The second kappa shape index (κ2) is 13.3. The van der Waals surface area contributed by atoms with Crippen molar-refractivity contribution in [1.82, 2.24) is 24.6 Å². The molecule has 0 radical (unpaired) electrons. The molecular weight excluding hydrogens is 567 g/mol. The number of carbonyl (C=O) groups excluding carboxylic acids is 1. The highest BCUT2D eigenvalue weighted by Crippen LogP contribution is 2.26. The standard InChI is InChI=1S/C35H51N5O3Si/c1-25-19-27(20-28-23-40(38-31(25)28)24-42-17-18-44(8,9)10)21-30(37-33(41)43-35(5,6)7)32-36-15-16-39(32)22-26-11-13-29(14-12-26)34(2,3)4/h11-16,19-20,23,30H,17-18,21-22,24H2,1-10H3,(H,37,41)/q-1. The van der Waals surface area contributed by atoms with E-state index in [4.69, 9.17) is 19.6 Å². The molecule has 0 fully saturated rings. The number of hydrogen-bond donors (Lipinski definition) is 1. The van der Waals surface area contributed by atoms with Gasteiger partial charge >= 0.3 is 6.09 Å². The lowest BCUT2D eigenvalue weighted by Gasteiger charge is -2.26. The van der Waals surface area contributed by atoms with E-state index in [1.54, 1.807) is 6.20 Å². The van der Waals surface area contributed by atoms with Crippen molar-refractivity contribution < 1.29 is 14.3 Å². The Morgan fingerprint density at radius 2 is 1.73 bits per heavy atom. The van der Waals surface area contributed by atoms with E-state index in [1.807, 2.05) is 37.8 Å². The molecule has 2 aromatic heterocycles. The van der Waals surface area contributed by atoms with Crippen LogP contribution < -0.4 is 5.32 Å². The highest BCUT2D eigenvalue weighted by atomic mass is 28.3. The molecule has 0 aliphatic carbocycles. The average molecular weight is 618 g/mol. The van der Waals surface area contributed by atoms with Crippen LogP contribution in [0.2, 0.25) is 25.7 Å². The summed E-state index contributed by atoms with van der Waals surface area (Å²) in [6.07, 6.45) is 5.89. The maximum atomic E-state index is 13.0. The van der Waals surface area contributed by atoms with Crippen LogP contribution in [-0.4, -0.2) is 45.7 Å². The van der Waals surface area contributed by atoms with E-state index in [0.717, 1.165) is 40.5 Å². The van der Waals surface area contributed by atoms with Crippen molar-refractivity contribution in [1.29, 1.82) is 0 Å². The second-order valence-electron chi connectivity index (χ2n) is 15.1. The number of benzene rings is 2. The number of amides is 1. The van der Waals surface area contributed by atoms with Crippen molar-refractivity contribution in [3.05, 3.63) is 83.1 Å². The Morgan fingerprint density at radius 3 is 2.36 bits per heavy atom. The van der Waals surface area contributed by atoms with Crippen LogP contribution in [0.5, 0.6) is 0 Å². The third-order valence-corrected chi connectivity index (χ3v) is 9.19. The summed E-state index contributed by atoms with van der Waals surface area (Å²) in [6.45, 7) is 23.2. The van der Waals surface area contributed by atoms with Gasteiger partial charge in [0.15, 0.2) is 0 Å². The van der Waals surface area contributed by atoms with Crippen LogP contribution >= 0.6 is 0 Å². The van der Waals surface area contributed by atoms with Crippen LogP contribution in [0.1, 0.15) is 75.7 Å². The summed E-state index contributed by atoms with van der Waals surface area (Å²) in [7, 11) is -1.14. The molecule has 1 N–H and O–H groups in total. The molecule has 0 saturated carbocycles. The molecule has 0 bridgehead atoms. The van der Waals surface area contributed by atoms with Gasteiger partial charge in [-0.3, -0.25) is 0 Å². The number of carbonyl (C=O) groups is 1. The van der Waals surface area contributed by atoms with Gasteiger partial charge in [-0.2, -0.15) is 24.7 Å². The van der Waals surface area contributed by atoms with Gasteiger partial charge in [-0.25, -0.2) is 14.5 Å². The van der Waals surface area contributed by atoms with E-state index in [-0.39, 0.29) is 5.41 Å². The summed E-state index contributed by atoms with van der Waals surface area (Å²) in [4.78, 5) is 17.8. The molecule has 44 heavy (non-hydrogen) atoms. The number of alkyl carbamates (subject to hydrolysis) is 1. The van der Waals surface area contributed by atoms with E-state index in [2.05, 4.69) is 93.6 Å². The highest BCUT2D eigenvalue weighted by Gasteiger charge is 2.25. The highest BCUT2D eigenvalue weighted by molar-refractivity contribution is 6.76. The molecular formula is C35H51N5O3Si-. The zero-order valence-corrected chi connectivity index (χ0v) is 29.3. The molecule has 0 spiro atoms. The van der Waals surface area contributed by atoms with Crippen LogP contribution in [0.3, 0.4) is 0 Å². The zero-order valence-electron chi connectivity index (χ0n) is 28.3. The molecule has 0 saturated heterocycles. The Bertz CT molecular complexity index is 1550. The van der Waals surface area contributed by atoms with Gasteiger partial charge in [0.2, 0.25) is 0 Å². The smallest absolute Gasteiger partial charge is 0.408 e. The number of hydrogen-bond acceptors (Lipinski definition) is 5. The SMILES string of the molecule is Cc1cc(CC(NC(=O)OC(C)(C)C)c2nccn2Cc2ccc(C(C)(C)C)cc2)cc2cn(COCC[Si-](C)(C)C)nc12. The first-order chi connectivity index (χ1) is 20.5. The normalized spacial score (nSPS) is 13.3. The minimum absolute atomic E-state index is 0.0948. The first kappa shape index (κ1) is 33.5. The molecule has 1 atom stereocenters. The van der Waals surface area contributed by atoms with Gasteiger partial charge in [-0.15, -0.1) is 14.1 Å². The quantitative estimate of drug-likeness (QED) is 0.136. The number of fused-ring (bicyclic) bond motifs is 1. The summed E-state index contributed by atoms with van der Waals surface area (Å²) in [6, 6.07) is 13.8. The third-order valence-electron chi connectivity index (χ3n) is 7.49. The number of aromatic nitrogens is 4. The Hall–Kier alpha value is -3.43. The predicted molar refractivity (Wildman–Crippen MR) is 181 cm³/mol. The topological polar surface area (TPSA) is 83.2 Å². The molecule has 1 amide bonds. The summed E-state index contributed by atoms with van der Waals surface area (Å²) >= 11 is 0. The van der Waals surface area contributed by atoms with Gasteiger partial charge in [0.1, 0.15) is 18.2 Å². The van der Waals surface area contributed by atoms with Crippen molar-refractivity contribution in [2.75, 3.05) is 6.61 Å². The van der Waals surface area contributed by atoms with Gasteiger partial charge < -0.3 is 19.4 Å². The molecule has 4 rings (SSSR count). The third kappa shape index (κ3) is 9.53. The monoisotopic (exact) mass is 617 g/mol. The minimum atomic E-state index is -1.14. The molecule has 1 unspecified atom stereocenters. The van der Waals surface area contributed by atoms with Crippen LogP contribution in [0.4, 0.5) is 4.79 Å². The fourth-order valence-electron chi connectivity index (χ4n) is 5.12. The zero-order chi connectivity index (χ0) is 32.3. The second-order valence-corrected chi connectivity index (χ2v) is 20.8. The molecule has 9 heteroatoms. The molecule has 0 aliphatic heterocycles. The van der Waals surface area contributed by atoms with Gasteiger partial charge in [-0.1, -0.05) is 51.1 Å². The number of rotatable bonds is 11. The van der Waals surface area contributed by atoms with Crippen molar-refractivity contribution in [3.8, 4) is 0 Å². The number of ether oxygens (including phenoxy) is 2. The van der Waals surface area contributed by atoms with Crippen molar-refractivity contribution >= 4 is 25.1 Å². The van der Waals surface area contributed by atoms with Gasteiger partial charge in [0.25, 0.3) is 0 Å². The molecule has 2 heterocycles. The van der Waals surface area contributed by atoms with Gasteiger partial charge in [-0.05, 0) is 61.4 Å². The molecule has 2 aromatic carbocycles. The first-order valence-corrected chi connectivity index (χ1v) is 19.3. The fourth-order valence-corrected chi connectivity index (χ4v) is 5.88. The number of imidazole rings is 1. The maximum absolute atomic E-state index is 13.0. The number of aryl methyl sites for hydroxylation is 1. The predicted octanol–water partition coefficient (Wildman–Crippen LogP) is 8.01. The van der Waals surface area contributed by atoms with E-state index in [0.29, 0.717) is 19.7 Å². The molecule has 4 aromatic rings. The maximum Gasteiger partial charge on any atom is 0.408 e. The minimum Gasteiger partial charge on any atom is -0.444 e. The van der Waals surface area contributed by atoms with Crippen LogP contribution in [0.15, 0.2) is 55.0 Å². The van der Waals surface area contributed by atoms with E-state index in [9.17, 15) is 4.79 Å². The fraction of sp³-hybridized carbons (Fsp3) is 0.514. The largest absolute Gasteiger partial charge is 0.444 e. The Morgan fingerprint density at radius 1 is 1.02 bits per heavy atom. The van der Waals surface area contributed by atoms with Crippen molar-refractivity contribution in [3.63, 3.8) is 0 Å². The molecule has 8 nitrogen and oxygen atoms in total. The Balaban J connectivity index is 1.58. The first-order valence-electron chi connectivity index (χ1n) is 15.6. The van der Waals surface area contributed by atoms with Crippen LogP contribution in [-0.2, 0) is 34.6 Å². The summed E-state index contributed by atoms with van der Waals surface area (Å²) in [5.41, 5.74) is 5.07. The van der Waals surface area contributed by atoms with Crippen molar-refractivity contribution in [2.45, 2.75) is 111 Å². The lowest BCUT2D eigenvalue weighted by atomic mass is 9.87. The van der Waals surface area contributed by atoms with E-state index < -0.39 is 25.8 Å². The van der Waals surface area contributed by atoms with Gasteiger partial charge in [0.05, 0.1) is 11.6 Å². The van der Waals surface area contributed by atoms with Gasteiger partial charge in [0, 0.05) is 43.5 Å². The summed E-state index contributed by atoms with van der Waals surface area (Å²) < 4.78 is 15.6. The summed E-state index contributed by atoms with van der Waals surface area (Å²) in [5, 5.41) is 8.95. The van der Waals surface area contributed by atoms with E-state index >= 15 is 0 Å².